The summed E-state index contributed by atoms with van der Waals surface area (Å²) in [7, 11) is 0. The molecular formula is C20H26N2O3. The Labute approximate surface area is 149 Å². The van der Waals surface area contributed by atoms with Gasteiger partial charge in [-0.15, -0.1) is 0 Å². The van der Waals surface area contributed by atoms with Gasteiger partial charge in [-0.2, -0.15) is 0 Å². The van der Waals surface area contributed by atoms with E-state index in [1.54, 1.807) is 0 Å². The molecule has 0 fully saturated rings. The smallest absolute Gasteiger partial charge is 0.319 e. The summed E-state index contributed by atoms with van der Waals surface area (Å²) >= 11 is 0. The molecule has 0 unspecified atom stereocenters. The maximum atomic E-state index is 12.5. The average molecular weight is 342 g/mol. The molecule has 134 valence electrons. The van der Waals surface area contributed by atoms with E-state index in [1.807, 2.05) is 61.5 Å². The van der Waals surface area contributed by atoms with E-state index in [0.29, 0.717) is 26.1 Å². The Balaban J connectivity index is 2.04. The second-order valence-corrected chi connectivity index (χ2v) is 5.72. The largest absolute Gasteiger partial charge is 0.396 e. The van der Waals surface area contributed by atoms with Gasteiger partial charge in [0.2, 0.25) is 0 Å². The predicted octanol–water partition coefficient (Wildman–Crippen LogP) is 3.86. The summed E-state index contributed by atoms with van der Waals surface area (Å²) in [5.74, 6) is 0. The van der Waals surface area contributed by atoms with Crippen LogP contribution in [0.3, 0.4) is 0 Å². The second kappa shape index (κ2) is 10.5. The number of hydrogen-bond donors (Lipinski definition) is 3. The molecular weight excluding hydrogens is 316 g/mol. The van der Waals surface area contributed by atoms with E-state index in [4.69, 9.17) is 9.84 Å². The number of ether oxygens (including phenoxy) is 1. The van der Waals surface area contributed by atoms with Crippen molar-refractivity contribution in [1.29, 1.82) is 0 Å². The molecule has 0 saturated heterocycles. The minimum Gasteiger partial charge on any atom is -0.396 e. The van der Waals surface area contributed by atoms with Crippen LogP contribution in [-0.2, 0) is 11.3 Å². The molecule has 0 aliphatic carbocycles. The Morgan fingerprint density at radius 1 is 1.12 bits per heavy atom. The monoisotopic (exact) mass is 342 g/mol. The van der Waals surface area contributed by atoms with Crippen molar-refractivity contribution in [2.75, 3.05) is 18.5 Å². The van der Waals surface area contributed by atoms with Crippen LogP contribution in [0.15, 0.2) is 54.6 Å². The fourth-order valence-corrected chi connectivity index (χ4v) is 2.60. The zero-order valence-corrected chi connectivity index (χ0v) is 14.6. The standard InChI is InChI=1S/C20H26N2O3/c1-2-25-15-17-11-6-7-12-19(17)22-20(24)21-18(13-8-14-23)16-9-4-3-5-10-16/h3-7,9-12,18,23H,2,8,13-15H2,1H3,(H2,21,22,24)/t18-/m0/s1. The number of para-hydroxylation sites is 1. The number of hydrogen-bond acceptors (Lipinski definition) is 3. The lowest BCUT2D eigenvalue weighted by Gasteiger charge is -2.20. The number of amides is 2. The van der Waals surface area contributed by atoms with Crippen molar-refractivity contribution in [3.63, 3.8) is 0 Å². The Hall–Kier alpha value is -2.37. The molecule has 2 aromatic carbocycles. The van der Waals surface area contributed by atoms with Crippen molar-refractivity contribution in [3.8, 4) is 0 Å². The van der Waals surface area contributed by atoms with Gasteiger partial charge in [0.1, 0.15) is 0 Å². The third-order valence-electron chi connectivity index (χ3n) is 3.89. The van der Waals surface area contributed by atoms with Crippen LogP contribution in [0.5, 0.6) is 0 Å². The fourth-order valence-electron chi connectivity index (χ4n) is 2.60. The van der Waals surface area contributed by atoms with Crippen LogP contribution in [0.1, 0.15) is 36.9 Å². The number of aliphatic hydroxyl groups is 1. The molecule has 0 bridgehead atoms. The maximum Gasteiger partial charge on any atom is 0.319 e. The van der Waals surface area contributed by atoms with Gasteiger partial charge in [0, 0.05) is 24.5 Å². The third kappa shape index (κ3) is 6.21. The Morgan fingerprint density at radius 2 is 1.84 bits per heavy atom. The lowest BCUT2D eigenvalue weighted by atomic mass is 10.0. The van der Waals surface area contributed by atoms with Crippen LogP contribution in [0.25, 0.3) is 0 Å². The van der Waals surface area contributed by atoms with E-state index < -0.39 is 0 Å². The number of carbonyl (C=O) groups is 1. The first-order valence-corrected chi connectivity index (χ1v) is 8.63. The van der Waals surface area contributed by atoms with Crippen molar-refractivity contribution in [1.82, 2.24) is 5.32 Å². The van der Waals surface area contributed by atoms with Crippen molar-refractivity contribution in [3.05, 3.63) is 65.7 Å². The second-order valence-electron chi connectivity index (χ2n) is 5.72. The number of aliphatic hydroxyl groups excluding tert-OH is 1. The molecule has 0 aromatic heterocycles. The van der Waals surface area contributed by atoms with Gasteiger partial charge in [-0.25, -0.2) is 4.79 Å². The van der Waals surface area contributed by atoms with Gasteiger partial charge < -0.3 is 20.5 Å². The zero-order valence-electron chi connectivity index (χ0n) is 14.6. The maximum absolute atomic E-state index is 12.5. The van der Waals surface area contributed by atoms with E-state index in [1.165, 1.54) is 0 Å². The lowest BCUT2D eigenvalue weighted by Crippen LogP contribution is -2.33. The Kier molecular flexibility index (Phi) is 7.95. The van der Waals surface area contributed by atoms with E-state index >= 15 is 0 Å². The van der Waals surface area contributed by atoms with Gasteiger partial charge in [-0.3, -0.25) is 0 Å². The molecule has 5 heteroatoms. The summed E-state index contributed by atoms with van der Waals surface area (Å²) < 4.78 is 5.45. The molecule has 0 heterocycles. The zero-order chi connectivity index (χ0) is 17.9. The van der Waals surface area contributed by atoms with Crippen LogP contribution >= 0.6 is 0 Å². The first-order valence-electron chi connectivity index (χ1n) is 8.63. The van der Waals surface area contributed by atoms with Crippen molar-refractivity contribution in [2.45, 2.75) is 32.4 Å². The summed E-state index contributed by atoms with van der Waals surface area (Å²) in [5.41, 5.74) is 2.70. The third-order valence-corrected chi connectivity index (χ3v) is 3.89. The minimum absolute atomic E-state index is 0.101. The van der Waals surface area contributed by atoms with Crippen molar-refractivity contribution >= 4 is 11.7 Å². The number of carbonyl (C=O) groups excluding carboxylic acids is 1. The van der Waals surface area contributed by atoms with Crippen LogP contribution in [-0.4, -0.2) is 24.4 Å². The number of rotatable bonds is 9. The predicted molar refractivity (Wildman–Crippen MR) is 99.4 cm³/mol. The quantitative estimate of drug-likeness (QED) is 0.648. The van der Waals surface area contributed by atoms with Crippen LogP contribution in [0.4, 0.5) is 10.5 Å². The van der Waals surface area contributed by atoms with Crippen molar-refractivity contribution < 1.29 is 14.6 Å². The first kappa shape index (κ1) is 19.0. The number of nitrogens with one attached hydrogen (secondary N) is 2. The molecule has 0 aliphatic rings. The summed E-state index contributed by atoms with van der Waals surface area (Å²) in [5, 5.41) is 15.0. The van der Waals surface area contributed by atoms with Gasteiger partial charge in [0.25, 0.3) is 0 Å². The molecule has 0 spiro atoms. The lowest BCUT2D eigenvalue weighted by molar-refractivity contribution is 0.134. The topological polar surface area (TPSA) is 70.6 Å². The molecule has 3 N–H and O–H groups in total. The SMILES string of the molecule is CCOCc1ccccc1NC(=O)N[C@@H](CCCO)c1ccccc1. The van der Waals surface area contributed by atoms with E-state index in [0.717, 1.165) is 16.8 Å². The van der Waals surface area contributed by atoms with E-state index in [-0.39, 0.29) is 18.7 Å². The number of anilines is 1. The molecule has 2 aromatic rings. The summed E-state index contributed by atoms with van der Waals surface area (Å²) in [6.07, 6.45) is 1.30. The fraction of sp³-hybridized carbons (Fsp3) is 0.350. The number of benzene rings is 2. The molecule has 1 atom stereocenters. The molecule has 25 heavy (non-hydrogen) atoms. The molecule has 2 amide bonds. The average Bonchev–Trinajstić information content (AvgIpc) is 2.65. The van der Waals surface area contributed by atoms with Gasteiger partial charge in [-0.05, 0) is 31.4 Å². The van der Waals surface area contributed by atoms with Gasteiger partial charge >= 0.3 is 6.03 Å². The first-order chi connectivity index (χ1) is 12.2. The Morgan fingerprint density at radius 3 is 2.56 bits per heavy atom. The van der Waals surface area contributed by atoms with Crippen molar-refractivity contribution in [2.24, 2.45) is 0 Å². The summed E-state index contributed by atoms with van der Waals surface area (Å²) in [4.78, 5) is 12.5. The highest BCUT2D eigenvalue weighted by Crippen LogP contribution is 2.20. The summed E-state index contributed by atoms with van der Waals surface area (Å²) in [6, 6.07) is 17.0. The van der Waals surface area contributed by atoms with E-state index in [2.05, 4.69) is 10.6 Å². The molecule has 0 saturated carbocycles. The van der Waals surface area contributed by atoms with Gasteiger partial charge in [-0.1, -0.05) is 48.5 Å². The highest BCUT2D eigenvalue weighted by Gasteiger charge is 2.15. The molecule has 0 radical (unpaired) electrons. The minimum atomic E-state index is -0.268. The normalized spacial score (nSPS) is 11.8. The highest BCUT2D eigenvalue weighted by molar-refractivity contribution is 5.90. The van der Waals surface area contributed by atoms with E-state index in [9.17, 15) is 4.79 Å². The molecule has 0 aliphatic heterocycles. The van der Waals surface area contributed by atoms with Crippen LogP contribution in [0.2, 0.25) is 0 Å². The van der Waals surface area contributed by atoms with Gasteiger partial charge in [0.15, 0.2) is 0 Å². The molecule has 2 rings (SSSR count). The Bertz CT molecular complexity index is 646. The number of urea groups is 1. The molecule has 5 nitrogen and oxygen atoms in total. The van der Waals surface area contributed by atoms with Crippen LogP contribution in [0, 0.1) is 0 Å². The summed E-state index contributed by atoms with van der Waals surface area (Å²) in [6.45, 7) is 3.12. The highest BCUT2D eigenvalue weighted by atomic mass is 16.5. The van der Waals surface area contributed by atoms with Gasteiger partial charge in [0.05, 0.1) is 12.6 Å². The van der Waals surface area contributed by atoms with Crippen LogP contribution < -0.4 is 10.6 Å².